The van der Waals surface area contributed by atoms with E-state index >= 15 is 0 Å². The zero-order valence-electron chi connectivity index (χ0n) is 16.8. The SMILES string of the molecule is OC(C[Si](CCC(F)(F)F)(CCC(F)(F)F)CCC(F)(F)F)C(F)(F)C(F)(F)C(F)(F)C(F)(F)F. The van der Waals surface area contributed by atoms with Gasteiger partial charge in [0.15, 0.2) is 0 Å². The van der Waals surface area contributed by atoms with Crippen molar-refractivity contribution in [1.29, 1.82) is 0 Å². The van der Waals surface area contributed by atoms with Gasteiger partial charge in [-0.15, -0.1) is 0 Å². The van der Waals surface area contributed by atoms with Crippen LogP contribution in [0.25, 0.3) is 0 Å². The van der Waals surface area contributed by atoms with Crippen LogP contribution in [-0.2, 0) is 0 Å². The molecule has 1 atom stereocenters. The third kappa shape index (κ3) is 9.38. The molecule has 0 aromatic heterocycles. The van der Waals surface area contributed by atoms with Crippen LogP contribution in [0.4, 0.5) is 79.0 Å². The second-order valence-corrected chi connectivity index (χ2v) is 12.7. The van der Waals surface area contributed by atoms with E-state index in [9.17, 15) is 84.1 Å². The van der Waals surface area contributed by atoms with Gasteiger partial charge in [0.25, 0.3) is 0 Å². The maximum Gasteiger partial charge on any atom is 0.460 e. The monoisotopic (exact) mass is 582 g/mol. The average Bonchev–Trinajstić information content (AvgIpc) is 2.59. The minimum Gasteiger partial charge on any atom is -0.387 e. The largest absolute Gasteiger partial charge is 0.460 e. The van der Waals surface area contributed by atoms with E-state index in [1.54, 1.807) is 0 Å². The Kier molecular flexibility index (Phi) is 10.0. The first-order valence-electron chi connectivity index (χ1n) is 9.08. The van der Waals surface area contributed by atoms with Crippen molar-refractivity contribution < 1.29 is 84.1 Å². The van der Waals surface area contributed by atoms with E-state index in [0.717, 1.165) is 0 Å². The van der Waals surface area contributed by atoms with Gasteiger partial charge in [0.05, 0.1) is 8.07 Å². The molecule has 0 amide bonds. The number of rotatable bonds is 11. The van der Waals surface area contributed by atoms with Crippen molar-refractivity contribution in [2.75, 3.05) is 0 Å². The fourth-order valence-corrected chi connectivity index (χ4v) is 7.92. The number of alkyl halides is 18. The van der Waals surface area contributed by atoms with E-state index in [1.807, 2.05) is 0 Å². The van der Waals surface area contributed by atoms with Crippen molar-refractivity contribution in [3.8, 4) is 0 Å². The topological polar surface area (TPSA) is 20.2 Å². The molecule has 0 fully saturated rings. The van der Waals surface area contributed by atoms with E-state index in [2.05, 4.69) is 0 Å². The molecule has 0 aliphatic heterocycles. The fraction of sp³-hybridized carbons (Fsp3) is 1.00. The van der Waals surface area contributed by atoms with Crippen LogP contribution in [0.15, 0.2) is 0 Å². The second kappa shape index (κ2) is 10.4. The van der Waals surface area contributed by atoms with E-state index in [-0.39, 0.29) is 0 Å². The summed E-state index contributed by atoms with van der Waals surface area (Å²) in [6.45, 7) is 0. The third-order valence-corrected chi connectivity index (χ3v) is 10.2. The second-order valence-electron chi connectivity index (χ2n) is 7.83. The highest BCUT2D eigenvalue weighted by molar-refractivity contribution is 6.80. The van der Waals surface area contributed by atoms with Crippen molar-refractivity contribution in [3.63, 3.8) is 0 Å². The summed E-state index contributed by atoms with van der Waals surface area (Å²) in [7, 11) is -5.23. The Balaban J connectivity index is 6.45. The lowest BCUT2D eigenvalue weighted by molar-refractivity contribution is -0.404. The van der Waals surface area contributed by atoms with Crippen LogP contribution >= 0.6 is 0 Å². The van der Waals surface area contributed by atoms with Gasteiger partial charge in [-0.25, -0.2) is 0 Å². The predicted octanol–water partition coefficient (Wildman–Crippen LogP) is 8.12. The van der Waals surface area contributed by atoms with Gasteiger partial charge in [-0.3, -0.25) is 0 Å². The quantitative estimate of drug-likeness (QED) is 0.193. The van der Waals surface area contributed by atoms with Gasteiger partial charge in [-0.05, 0) is 24.2 Å². The predicted molar refractivity (Wildman–Crippen MR) is 83.9 cm³/mol. The standard InChI is InChI=1S/C15H16F18OSi/c16-9(17,18)1-4-35(5-2-10(19,20)21,6-3-11(22,23)24)7-8(34)12(25,26)13(27,28)14(29,30)15(31,32)33/h8,34H,1-7H2. The molecule has 1 nitrogen and oxygen atoms in total. The molecule has 35 heavy (non-hydrogen) atoms. The lowest BCUT2D eigenvalue weighted by Crippen LogP contribution is -2.65. The molecule has 0 rings (SSSR count). The zero-order chi connectivity index (χ0) is 28.5. The molecule has 1 N–H and O–H groups in total. The highest BCUT2D eigenvalue weighted by Gasteiger charge is 2.83. The average molecular weight is 582 g/mol. The Hall–Kier alpha value is -1.08. The first-order valence-corrected chi connectivity index (χ1v) is 11.9. The minimum atomic E-state index is -7.54. The fourth-order valence-electron chi connectivity index (χ4n) is 3.04. The van der Waals surface area contributed by atoms with Gasteiger partial charge in [-0.2, -0.15) is 79.0 Å². The van der Waals surface area contributed by atoms with Crippen molar-refractivity contribution in [2.24, 2.45) is 0 Å². The normalized spacial score (nSPS) is 16.5. The van der Waals surface area contributed by atoms with E-state index < -0.39 is 100 Å². The highest BCUT2D eigenvalue weighted by Crippen LogP contribution is 2.55. The van der Waals surface area contributed by atoms with E-state index in [1.165, 1.54) is 0 Å². The first kappa shape index (κ1) is 33.9. The van der Waals surface area contributed by atoms with E-state index in [0.29, 0.717) is 0 Å². The molecule has 212 valence electrons. The molecule has 0 heterocycles. The van der Waals surface area contributed by atoms with Gasteiger partial charge in [0.2, 0.25) is 0 Å². The molecule has 0 aliphatic rings. The number of aliphatic hydroxyl groups is 1. The van der Waals surface area contributed by atoms with Crippen LogP contribution in [0, 0.1) is 0 Å². The molecule has 0 bridgehead atoms. The smallest absolute Gasteiger partial charge is 0.387 e. The Morgan fingerprint density at radius 1 is 0.486 bits per heavy atom. The van der Waals surface area contributed by atoms with Crippen molar-refractivity contribution in [3.05, 3.63) is 0 Å². The number of hydrogen-bond acceptors (Lipinski definition) is 1. The minimum absolute atomic E-state index is 1.77. The molecule has 0 spiro atoms. The summed E-state index contributed by atoms with van der Waals surface area (Å²) in [5, 5.41) is 9.43. The summed E-state index contributed by atoms with van der Waals surface area (Å²) in [6.07, 6.45) is -34.4. The lowest BCUT2D eigenvalue weighted by Gasteiger charge is -2.40. The number of aliphatic hydroxyl groups excluding tert-OH is 1. The summed E-state index contributed by atoms with van der Waals surface area (Å²) in [5.41, 5.74) is 0. The van der Waals surface area contributed by atoms with Gasteiger partial charge < -0.3 is 5.11 Å². The van der Waals surface area contributed by atoms with E-state index in [4.69, 9.17) is 0 Å². The van der Waals surface area contributed by atoms with Gasteiger partial charge >= 0.3 is 42.5 Å². The van der Waals surface area contributed by atoms with Crippen LogP contribution in [0.5, 0.6) is 0 Å². The Labute approximate surface area is 185 Å². The zero-order valence-corrected chi connectivity index (χ0v) is 17.8. The summed E-state index contributed by atoms with van der Waals surface area (Å²) in [6, 6.07) is -7.68. The molecule has 0 aliphatic carbocycles. The van der Waals surface area contributed by atoms with Gasteiger partial charge in [0.1, 0.15) is 6.10 Å². The maximum atomic E-state index is 13.9. The van der Waals surface area contributed by atoms with Gasteiger partial charge in [-0.1, -0.05) is 0 Å². The Bertz CT molecular complexity index is 628. The number of hydrogen-bond donors (Lipinski definition) is 1. The Morgan fingerprint density at radius 3 is 1.00 bits per heavy atom. The summed E-state index contributed by atoms with van der Waals surface area (Å²) < 4.78 is 231. The summed E-state index contributed by atoms with van der Waals surface area (Å²) in [5.74, 6) is -21.8. The van der Waals surface area contributed by atoms with Crippen LogP contribution < -0.4 is 0 Å². The van der Waals surface area contributed by atoms with Crippen molar-refractivity contribution in [2.45, 2.75) is 92.0 Å². The Morgan fingerprint density at radius 2 is 0.771 bits per heavy atom. The van der Waals surface area contributed by atoms with Crippen LogP contribution in [0.2, 0.25) is 24.2 Å². The van der Waals surface area contributed by atoms with Crippen molar-refractivity contribution in [1.82, 2.24) is 0 Å². The molecule has 0 saturated carbocycles. The first-order chi connectivity index (χ1) is 15.0. The molecule has 0 radical (unpaired) electrons. The van der Waals surface area contributed by atoms with Crippen LogP contribution in [0.3, 0.4) is 0 Å². The highest BCUT2D eigenvalue weighted by atomic mass is 28.3. The summed E-state index contributed by atoms with van der Waals surface area (Å²) in [4.78, 5) is 0. The molecule has 0 aromatic rings. The van der Waals surface area contributed by atoms with Crippen LogP contribution in [0.1, 0.15) is 19.3 Å². The molecule has 0 saturated heterocycles. The number of halogens is 18. The van der Waals surface area contributed by atoms with Crippen LogP contribution in [-0.4, -0.2) is 61.8 Å². The molecular weight excluding hydrogens is 566 g/mol. The summed E-state index contributed by atoms with van der Waals surface area (Å²) >= 11 is 0. The lowest BCUT2D eigenvalue weighted by atomic mass is 10.00. The molecular formula is C15H16F18OSi. The molecule has 0 aromatic carbocycles. The maximum absolute atomic E-state index is 13.9. The third-order valence-electron chi connectivity index (χ3n) is 5.03. The van der Waals surface area contributed by atoms with Gasteiger partial charge in [0, 0.05) is 19.3 Å². The van der Waals surface area contributed by atoms with Crippen molar-refractivity contribution >= 4 is 8.07 Å². The molecule has 20 heteroatoms. The molecule has 1 unspecified atom stereocenters.